The molecule has 6 nitrogen and oxygen atoms in total. The van der Waals surface area contributed by atoms with Crippen LogP contribution in [0, 0.1) is 10.9 Å². The van der Waals surface area contributed by atoms with Gasteiger partial charge in [0.05, 0.1) is 26.2 Å². The molecule has 0 fully saturated rings. The molecule has 1 rings (SSSR count). The number of amides is 1. The van der Waals surface area contributed by atoms with E-state index in [-0.39, 0.29) is 12.3 Å². The highest BCUT2D eigenvalue weighted by atomic mass is 32.1. The highest BCUT2D eigenvalue weighted by Gasteiger charge is 2.30. The van der Waals surface area contributed by atoms with Crippen LogP contribution in [-0.4, -0.2) is 51.6 Å². The first-order chi connectivity index (χ1) is 8.46. The molecule has 0 spiro atoms. The van der Waals surface area contributed by atoms with Gasteiger partial charge >= 0.3 is 0 Å². The maximum atomic E-state index is 11.8. The van der Waals surface area contributed by atoms with Crippen LogP contribution in [0.4, 0.5) is 0 Å². The van der Waals surface area contributed by atoms with Crippen LogP contribution in [0.15, 0.2) is 0 Å². The summed E-state index contributed by atoms with van der Waals surface area (Å²) < 4.78 is 0.591. The molecule has 8 heteroatoms. The molecule has 1 amide bonds. The fourth-order valence-electron chi connectivity index (χ4n) is 1.36. The highest BCUT2D eigenvalue weighted by Crippen LogP contribution is 2.15. The quantitative estimate of drug-likeness (QED) is 0.454. The number of H-pyrrole nitrogens is 1. The molecule has 0 radical (unpaired) electrons. The molecule has 0 aliphatic carbocycles. The molecule has 18 heavy (non-hydrogen) atoms. The smallest absolute Gasteiger partial charge is 0.225 e. The first-order valence-corrected chi connectivity index (χ1v) is 6.51. The van der Waals surface area contributed by atoms with E-state index in [0.717, 1.165) is 10.6 Å². The molecule has 0 saturated heterocycles. The molecular formula is C10H16N2O4S2. The zero-order valence-corrected chi connectivity index (χ0v) is 11.5. The molecule has 1 aromatic rings. The van der Waals surface area contributed by atoms with Crippen molar-refractivity contribution in [1.29, 1.82) is 0 Å². The molecule has 0 unspecified atom stereocenters. The Morgan fingerprint density at radius 1 is 1.39 bits per heavy atom. The van der Waals surface area contributed by atoms with E-state index in [9.17, 15) is 4.79 Å². The van der Waals surface area contributed by atoms with Gasteiger partial charge in [0.2, 0.25) is 5.91 Å². The molecule has 1 aromatic heterocycles. The molecule has 0 saturated carbocycles. The molecule has 102 valence electrons. The minimum absolute atomic E-state index is 0.0887. The third kappa shape index (κ3) is 3.59. The molecule has 0 bridgehead atoms. The van der Waals surface area contributed by atoms with Gasteiger partial charge < -0.3 is 25.6 Å². The van der Waals surface area contributed by atoms with Gasteiger partial charge in [0.15, 0.2) is 3.95 Å². The van der Waals surface area contributed by atoms with Crippen molar-refractivity contribution >= 4 is 29.5 Å². The summed E-state index contributed by atoms with van der Waals surface area (Å²) in [4.78, 5) is 15.5. The second-order valence-electron chi connectivity index (χ2n) is 4.04. The van der Waals surface area contributed by atoms with E-state index in [4.69, 9.17) is 27.5 Å². The summed E-state index contributed by atoms with van der Waals surface area (Å²) in [5.74, 6) is -0.388. The summed E-state index contributed by atoms with van der Waals surface area (Å²) in [7, 11) is 0. The number of aryl methyl sites for hydroxylation is 1. The standard InChI is InChI=1S/C10H16N2O4S2/c1-6-7(18-9(17)11-6)2-8(16)12-10(3-13,4-14)5-15/h13-15H,2-5H2,1H3,(H,11,17)(H,12,16). The first kappa shape index (κ1) is 15.3. The maximum Gasteiger partial charge on any atom is 0.225 e. The minimum Gasteiger partial charge on any atom is -0.394 e. The van der Waals surface area contributed by atoms with Crippen LogP contribution in [0.5, 0.6) is 0 Å². The number of hydrogen-bond acceptors (Lipinski definition) is 6. The van der Waals surface area contributed by atoms with Crippen LogP contribution in [0.3, 0.4) is 0 Å². The normalized spacial score (nSPS) is 11.6. The van der Waals surface area contributed by atoms with Crippen LogP contribution in [-0.2, 0) is 11.2 Å². The summed E-state index contributed by atoms with van der Waals surface area (Å²) in [5, 5.41) is 29.7. The van der Waals surface area contributed by atoms with E-state index in [2.05, 4.69) is 10.3 Å². The van der Waals surface area contributed by atoms with Crippen molar-refractivity contribution in [1.82, 2.24) is 10.3 Å². The van der Waals surface area contributed by atoms with Gasteiger partial charge in [-0.15, -0.1) is 11.3 Å². The Hall–Kier alpha value is -0.800. The number of rotatable bonds is 6. The van der Waals surface area contributed by atoms with Crippen molar-refractivity contribution in [3.05, 3.63) is 14.5 Å². The topological polar surface area (TPSA) is 106 Å². The van der Waals surface area contributed by atoms with Crippen molar-refractivity contribution in [2.24, 2.45) is 0 Å². The largest absolute Gasteiger partial charge is 0.394 e. The molecule has 0 atom stereocenters. The molecule has 0 aliphatic rings. The van der Waals surface area contributed by atoms with Gasteiger partial charge in [0.1, 0.15) is 5.54 Å². The van der Waals surface area contributed by atoms with E-state index >= 15 is 0 Å². The number of hydrogen-bond donors (Lipinski definition) is 5. The van der Waals surface area contributed by atoms with Crippen LogP contribution >= 0.6 is 23.6 Å². The number of carbonyl (C=O) groups excluding carboxylic acids is 1. The van der Waals surface area contributed by atoms with Crippen LogP contribution < -0.4 is 5.32 Å². The second-order valence-corrected chi connectivity index (χ2v) is 5.81. The summed E-state index contributed by atoms with van der Waals surface area (Å²) >= 11 is 6.27. The Morgan fingerprint density at radius 3 is 2.33 bits per heavy atom. The molecule has 5 N–H and O–H groups in total. The van der Waals surface area contributed by atoms with Gasteiger partial charge in [0.25, 0.3) is 0 Å². The maximum absolute atomic E-state index is 11.8. The number of thiazole rings is 1. The molecular weight excluding hydrogens is 276 g/mol. The number of aromatic amines is 1. The van der Waals surface area contributed by atoms with Crippen molar-refractivity contribution in [3.8, 4) is 0 Å². The number of aliphatic hydroxyl groups is 3. The van der Waals surface area contributed by atoms with E-state index < -0.39 is 25.4 Å². The summed E-state index contributed by atoms with van der Waals surface area (Å²) in [5.41, 5.74) is -0.564. The number of carbonyl (C=O) groups is 1. The van der Waals surface area contributed by atoms with Crippen molar-refractivity contribution in [2.45, 2.75) is 18.9 Å². The zero-order chi connectivity index (χ0) is 13.8. The van der Waals surface area contributed by atoms with Crippen molar-refractivity contribution in [3.63, 3.8) is 0 Å². The van der Waals surface area contributed by atoms with Gasteiger partial charge in [-0.1, -0.05) is 0 Å². The lowest BCUT2D eigenvalue weighted by Gasteiger charge is -2.28. The predicted molar refractivity (Wildman–Crippen MR) is 70.1 cm³/mol. The van der Waals surface area contributed by atoms with Crippen LogP contribution in [0.2, 0.25) is 0 Å². The third-order valence-corrected chi connectivity index (χ3v) is 3.89. The lowest BCUT2D eigenvalue weighted by molar-refractivity contribution is -0.124. The molecule has 1 heterocycles. The lowest BCUT2D eigenvalue weighted by atomic mass is 10.0. The third-order valence-electron chi connectivity index (χ3n) is 2.56. The lowest BCUT2D eigenvalue weighted by Crippen LogP contribution is -2.57. The SMILES string of the molecule is Cc1[nH]c(=S)sc1CC(=O)NC(CO)(CO)CO. The Morgan fingerprint density at radius 2 is 1.94 bits per heavy atom. The molecule has 0 aromatic carbocycles. The van der Waals surface area contributed by atoms with Crippen LogP contribution in [0.1, 0.15) is 10.6 Å². The average Bonchev–Trinajstić information content (AvgIpc) is 2.65. The number of aliphatic hydroxyl groups excluding tert-OH is 3. The van der Waals surface area contributed by atoms with Gasteiger partial charge in [-0.05, 0) is 19.1 Å². The van der Waals surface area contributed by atoms with E-state index in [1.54, 1.807) is 0 Å². The Kier molecular flexibility index (Phi) is 5.42. The van der Waals surface area contributed by atoms with Gasteiger partial charge in [0, 0.05) is 10.6 Å². The fraction of sp³-hybridized carbons (Fsp3) is 0.600. The fourth-order valence-corrected chi connectivity index (χ4v) is 2.65. The number of aromatic nitrogens is 1. The van der Waals surface area contributed by atoms with E-state index in [1.807, 2.05) is 6.92 Å². The summed E-state index contributed by atoms with van der Waals surface area (Å²) in [6.45, 7) is 0.209. The first-order valence-electron chi connectivity index (χ1n) is 5.28. The minimum atomic E-state index is -1.39. The average molecular weight is 292 g/mol. The predicted octanol–water partition coefficient (Wildman–Crippen LogP) is -0.511. The zero-order valence-electron chi connectivity index (χ0n) is 9.89. The second kappa shape index (κ2) is 6.39. The van der Waals surface area contributed by atoms with Crippen molar-refractivity contribution in [2.75, 3.05) is 19.8 Å². The van der Waals surface area contributed by atoms with E-state index in [1.165, 1.54) is 11.3 Å². The summed E-state index contributed by atoms with van der Waals surface area (Å²) in [6.07, 6.45) is 0.0887. The van der Waals surface area contributed by atoms with Gasteiger partial charge in [-0.3, -0.25) is 4.79 Å². The summed E-state index contributed by atoms with van der Waals surface area (Å²) in [6, 6.07) is 0. The monoisotopic (exact) mass is 292 g/mol. The van der Waals surface area contributed by atoms with Crippen LogP contribution in [0.25, 0.3) is 0 Å². The Balaban J connectivity index is 2.72. The Labute approximate surface area is 113 Å². The molecule has 0 aliphatic heterocycles. The van der Waals surface area contributed by atoms with E-state index in [0.29, 0.717) is 3.95 Å². The van der Waals surface area contributed by atoms with Gasteiger partial charge in [-0.25, -0.2) is 0 Å². The van der Waals surface area contributed by atoms with Crippen molar-refractivity contribution < 1.29 is 20.1 Å². The van der Waals surface area contributed by atoms with Gasteiger partial charge in [-0.2, -0.15) is 0 Å². The highest BCUT2D eigenvalue weighted by molar-refractivity contribution is 7.73. The number of nitrogens with one attached hydrogen (secondary N) is 2. The Bertz CT molecular complexity index is 456.